The number of aromatic nitrogens is 1. The number of anilines is 1. The second kappa shape index (κ2) is 6.54. The molecule has 0 radical (unpaired) electrons. The minimum atomic E-state index is -0.376. The van der Waals surface area contributed by atoms with E-state index in [9.17, 15) is 4.79 Å². The Kier molecular flexibility index (Phi) is 4.24. The van der Waals surface area contributed by atoms with E-state index in [-0.39, 0.29) is 11.8 Å². The lowest BCUT2D eigenvalue weighted by Crippen LogP contribution is -2.26. The van der Waals surface area contributed by atoms with Crippen molar-refractivity contribution in [3.63, 3.8) is 0 Å². The van der Waals surface area contributed by atoms with E-state index >= 15 is 0 Å². The fourth-order valence-corrected chi connectivity index (χ4v) is 3.70. The lowest BCUT2D eigenvalue weighted by atomic mass is 9.92. The highest BCUT2D eigenvalue weighted by molar-refractivity contribution is 6.35. The Bertz CT molecular complexity index is 970. The van der Waals surface area contributed by atoms with Gasteiger partial charge in [0, 0.05) is 27.6 Å². The van der Waals surface area contributed by atoms with Crippen molar-refractivity contribution in [1.82, 2.24) is 4.98 Å². The van der Waals surface area contributed by atoms with Crippen molar-refractivity contribution in [2.45, 2.75) is 12.3 Å². The first kappa shape index (κ1) is 16.2. The van der Waals surface area contributed by atoms with Crippen LogP contribution in [0.4, 0.5) is 5.69 Å². The quantitative estimate of drug-likeness (QED) is 0.684. The number of ether oxygens (including phenoxy) is 1. The predicted octanol–water partition coefficient (Wildman–Crippen LogP) is 5.05. The minimum Gasteiger partial charge on any atom is -0.492 e. The molecule has 0 spiro atoms. The predicted molar refractivity (Wildman–Crippen MR) is 99.7 cm³/mol. The molecule has 0 fully saturated rings. The second-order valence-electron chi connectivity index (χ2n) is 5.89. The summed E-state index contributed by atoms with van der Waals surface area (Å²) in [4.78, 5) is 17.1. The average Bonchev–Trinajstić information content (AvgIpc) is 2.61. The molecule has 0 bridgehead atoms. The number of rotatable bonds is 2. The number of carbonyl (C=O) groups is 1. The van der Waals surface area contributed by atoms with Crippen molar-refractivity contribution in [3.8, 4) is 5.75 Å². The first-order chi connectivity index (χ1) is 12.1. The number of nitrogens with zero attached hydrogens (tertiary/aromatic N) is 1. The number of halogens is 2. The molecule has 2 heterocycles. The number of amides is 1. The van der Waals surface area contributed by atoms with Gasteiger partial charge in [-0.15, -0.1) is 0 Å². The molecule has 1 atom stereocenters. The van der Waals surface area contributed by atoms with Gasteiger partial charge in [0.05, 0.1) is 29.4 Å². The maximum absolute atomic E-state index is 12.9. The summed E-state index contributed by atoms with van der Waals surface area (Å²) >= 11 is 12.3. The summed E-state index contributed by atoms with van der Waals surface area (Å²) in [6.07, 6.45) is 3.99. The Morgan fingerprint density at radius 2 is 2.04 bits per heavy atom. The van der Waals surface area contributed by atoms with E-state index in [0.717, 1.165) is 16.3 Å². The molecule has 1 unspecified atom stereocenters. The third kappa shape index (κ3) is 3.03. The van der Waals surface area contributed by atoms with E-state index in [1.54, 1.807) is 24.5 Å². The molecular formula is C19H14Cl2N2O2. The van der Waals surface area contributed by atoms with E-state index in [0.29, 0.717) is 34.5 Å². The van der Waals surface area contributed by atoms with Crippen molar-refractivity contribution in [2.75, 3.05) is 11.9 Å². The van der Waals surface area contributed by atoms with Crippen molar-refractivity contribution in [2.24, 2.45) is 0 Å². The summed E-state index contributed by atoms with van der Waals surface area (Å²) in [5.41, 5.74) is 1.40. The molecule has 126 valence electrons. The molecular weight excluding hydrogens is 359 g/mol. The second-order valence-corrected chi connectivity index (χ2v) is 6.74. The van der Waals surface area contributed by atoms with Gasteiger partial charge in [0.1, 0.15) is 5.75 Å². The first-order valence-electron chi connectivity index (χ1n) is 7.89. The molecule has 1 N–H and O–H groups in total. The molecule has 4 nitrogen and oxygen atoms in total. The summed E-state index contributed by atoms with van der Waals surface area (Å²) in [6.45, 7) is 0.431. The van der Waals surface area contributed by atoms with Gasteiger partial charge in [-0.1, -0.05) is 47.5 Å². The molecule has 2 aromatic carbocycles. The molecule has 25 heavy (non-hydrogen) atoms. The lowest BCUT2D eigenvalue weighted by molar-refractivity contribution is -0.118. The maximum Gasteiger partial charge on any atom is 0.232 e. The van der Waals surface area contributed by atoms with Crippen LogP contribution < -0.4 is 10.1 Å². The molecule has 1 amide bonds. The zero-order valence-corrected chi connectivity index (χ0v) is 14.6. The van der Waals surface area contributed by atoms with E-state index in [1.165, 1.54) is 0 Å². The van der Waals surface area contributed by atoms with Gasteiger partial charge in [-0.05, 0) is 18.6 Å². The van der Waals surface area contributed by atoms with Gasteiger partial charge >= 0.3 is 0 Å². The fraction of sp³-hybridized carbons (Fsp3) is 0.158. The first-order valence-corrected chi connectivity index (χ1v) is 8.64. The Balaban J connectivity index is 1.69. The molecule has 0 saturated heterocycles. The van der Waals surface area contributed by atoms with Crippen molar-refractivity contribution < 1.29 is 9.53 Å². The standard InChI is InChI=1S/C19H14Cl2N2O2/c20-12-7-15-14(5-6-25-18(15)16(21)8-12)19(24)23-17-10-22-9-11-3-1-2-4-13(11)17/h1-4,7-10,14H,5-6H2,(H,23,24). The van der Waals surface area contributed by atoms with Gasteiger partial charge in [-0.2, -0.15) is 0 Å². The largest absolute Gasteiger partial charge is 0.492 e. The maximum atomic E-state index is 12.9. The summed E-state index contributed by atoms with van der Waals surface area (Å²) in [5, 5.41) is 5.82. The smallest absolute Gasteiger partial charge is 0.232 e. The van der Waals surface area contributed by atoms with Crippen molar-refractivity contribution in [3.05, 3.63) is 64.4 Å². The van der Waals surface area contributed by atoms with Crippen molar-refractivity contribution >= 4 is 45.6 Å². The Morgan fingerprint density at radius 1 is 1.20 bits per heavy atom. The molecule has 4 rings (SSSR count). The van der Waals surface area contributed by atoms with Crippen molar-refractivity contribution in [1.29, 1.82) is 0 Å². The SMILES string of the molecule is O=C(Nc1cncc2ccccc12)C1CCOc2c(Cl)cc(Cl)cc21. The summed E-state index contributed by atoms with van der Waals surface area (Å²) in [6, 6.07) is 11.2. The Hall–Kier alpha value is -2.30. The zero-order chi connectivity index (χ0) is 17.4. The topological polar surface area (TPSA) is 51.2 Å². The van der Waals surface area contributed by atoms with Gasteiger partial charge < -0.3 is 10.1 Å². The molecule has 1 aromatic heterocycles. The van der Waals surface area contributed by atoms with E-state index in [4.69, 9.17) is 27.9 Å². The van der Waals surface area contributed by atoms with Gasteiger partial charge in [-0.25, -0.2) is 0 Å². The molecule has 0 aliphatic carbocycles. The number of benzene rings is 2. The number of pyridine rings is 1. The molecule has 1 aliphatic heterocycles. The fourth-order valence-electron chi connectivity index (χ4n) is 3.13. The van der Waals surface area contributed by atoms with Crippen LogP contribution in [-0.4, -0.2) is 17.5 Å². The average molecular weight is 373 g/mol. The van der Waals surface area contributed by atoms with Crippen LogP contribution in [0.15, 0.2) is 48.8 Å². The molecule has 0 saturated carbocycles. The Labute approximate surface area is 154 Å². The zero-order valence-electron chi connectivity index (χ0n) is 13.1. The van der Waals surface area contributed by atoms with E-state index in [2.05, 4.69) is 10.3 Å². The summed E-state index contributed by atoms with van der Waals surface area (Å²) < 4.78 is 5.63. The lowest BCUT2D eigenvalue weighted by Gasteiger charge is -2.26. The van der Waals surface area contributed by atoms with Crippen LogP contribution in [0.25, 0.3) is 10.8 Å². The number of carbonyl (C=O) groups excluding carboxylic acids is 1. The van der Waals surface area contributed by atoms with Crippen LogP contribution in [0, 0.1) is 0 Å². The van der Waals surface area contributed by atoms with Crippen LogP contribution in [0.1, 0.15) is 17.9 Å². The third-order valence-electron chi connectivity index (χ3n) is 4.31. The van der Waals surface area contributed by atoms with Crippen LogP contribution in [-0.2, 0) is 4.79 Å². The highest BCUT2D eigenvalue weighted by atomic mass is 35.5. The third-order valence-corrected chi connectivity index (χ3v) is 4.81. The van der Waals surface area contributed by atoms with E-state index < -0.39 is 0 Å². The van der Waals surface area contributed by atoms with Gasteiger partial charge in [0.15, 0.2) is 0 Å². The van der Waals surface area contributed by atoms with Gasteiger partial charge in [0.2, 0.25) is 5.91 Å². The van der Waals surface area contributed by atoms with E-state index in [1.807, 2.05) is 24.3 Å². The van der Waals surface area contributed by atoms with Crippen LogP contribution in [0.5, 0.6) is 5.75 Å². The number of fused-ring (bicyclic) bond motifs is 2. The number of hydrogen-bond acceptors (Lipinski definition) is 3. The van der Waals surface area contributed by atoms with Crippen LogP contribution in [0.3, 0.4) is 0 Å². The van der Waals surface area contributed by atoms with Gasteiger partial charge in [-0.3, -0.25) is 9.78 Å². The Morgan fingerprint density at radius 3 is 2.92 bits per heavy atom. The van der Waals surface area contributed by atoms with Crippen LogP contribution >= 0.6 is 23.2 Å². The van der Waals surface area contributed by atoms with Crippen LogP contribution in [0.2, 0.25) is 10.0 Å². The molecule has 3 aromatic rings. The summed E-state index contributed by atoms with van der Waals surface area (Å²) in [5.74, 6) is 0.0356. The van der Waals surface area contributed by atoms with Gasteiger partial charge in [0.25, 0.3) is 0 Å². The number of nitrogens with one attached hydrogen (secondary N) is 1. The molecule has 6 heteroatoms. The highest BCUT2D eigenvalue weighted by Crippen LogP contribution is 2.41. The number of hydrogen-bond donors (Lipinski definition) is 1. The monoisotopic (exact) mass is 372 g/mol. The molecule has 1 aliphatic rings. The minimum absolute atomic E-state index is 0.124. The normalized spacial score (nSPS) is 16.2. The highest BCUT2D eigenvalue weighted by Gasteiger charge is 2.30. The summed E-state index contributed by atoms with van der Waals surface area (Å²) in [7, 11) is 0.